The monoisotopic (exact) mass is 264 g/mol. The van der Waals surface area contributed by atoms with Gasteiger partial charge in [0.05, 0.1) is 11.1 Å². The molecule has 2 N–H and O–H groups in total. The van der Waals surface area contributed by atoms with Crippen molar-refractivity contribution < 1.29 is 8.42 Å². The van der Waals surface area contributed by atoms with Gasteiger partial charge in [-0.2, -0.15) is 0 Å². The van der Waals surface area contributed by atoms with Crippen LogP contribution in [0, 0.1) is 6.92 Å². The average Bonchev–Trinajstić information content (AvgIpc) is 2.38. The Labute approximate surface area is 105 Å². The molecule has 1 heterocycles. The molecule has 0 unspecified atom stereocenters. The van der Waals surface area contributed by atoms with Gasteiger partial charge < -0.3 is 0 Å². The summed E-state index contributed by atoms with van der Waals surface area (Å²) < 4.78 is 23.8. The summed E-state index contributed by atoms with van der Waals surface area (Å²) >= 11 is 0. The van der Waals surface area contributed by atoms with Crippen LogP contribution < -0.4 is 10.3 Å². The van der Waals surface area contributed by atoms with Crippen molar-refractivity contribution in [2.24, 2.45) is 0 Å². The number of nitrogens with zero attached hydrogens (tertiary/aromatic N) is 2. The molecule has 1 aromatic heterocycles. The molecular weight excluding hydrogens is 252 g/mol. The first kappa shape index (κ1) is 12.5. The zero-order valence-electron chi connectivity index (χ0n) is 9.66. The van der Waals surface area contributed by atoms with Crippen molar-refractivity contribution in [1.82, 2.24) is 14.8 Å². The van der Waals surface area contributed by atoms with Crippen molar-refractivity contribution in [1.29, 1.82) is 0 Å². The number of aromatic nitrogens is 2. The third-order valence-corrected chi connectivity index (χ3v) is 3.47. The highest BCUT2D eigenvalue weighted by Gasteiger charge is 2.12. The SMILES string of the molecule is Cc1ccc(S(=O)(=O)NNc2cnccn2)cc1. The van der Waals surface area contributed by atoms with Crippen LogP contribution in [0.1, 0.15) is 5.56 Å². The third kappa shape index (κ3) is 3.02. The zero-order chi connectivity index (χ0) is 13.0. The maximum absolute atomic E-state index is 11.9. The molecule has 0 aliphatic heterocycles. The molecule has 0 bridgehead atoms. The van der Waals surface area contributed by atoms with E-state index in [1.54, 1.807) is 12.1 Å². The molecule has 0 saturated heterocycles. The molecule has 0 spiro atoms. The molecule has 2 aromatic rings. The number of hydrogen-bond acceptors (Lipinski definition) is 5. The first-order chi connectivity index (χ1) is 8.58. The van der Waals surface area contributed by atoms with Gasteiger partial charge in [-0.15, -0.1) is 4.83 Å². The summed E-state index contributed by atoms with van der Waals surface area (Å²) in [6.45, 7) is 1.89. The molecule has 6 nitrogen and oxygen atoms in total. The van der Waals surface area contributed by atoms with Crippen LogP contribution in [0.4, 0.5) is 5.82 Å². The summed E-state index contributed by atoms with van der Waals surface area (Å²) in [5, 5.41) is 0. The normalized spacial score (nSPS) is 11.2. The van der Waals surface area contributed by atoms with Crippen LogP contribution in [-0.2, 0) is 10.0 Å². The molecule has 0 aliphatic rings. The number of sulfonamides is 1. The van der Waals surface area contributed by atoms with E-state index in [4.69, 9.17) is 0 Å². The lowest BCUT2D eigenvalue weighted by atomic mass is 10.2. The van der Waals surface area contributed by atoms with Crippen LogP contribution in [0.3, 0.4) is 0 Å². The van der Waals surface area contributed by atoms with Gasteiger partial charge in [0.1, 0.15) is 0 Å². The Morgan fingerprint density at radius 2 is 1.83 bits per heavy atom. The van der Waals surface area contributed by atoms with Crippen molar-refractivity contribution in [2.75, 3.05) is 5.43 Å². The average molecular weight is 264 g/mol. The van der Waals surface area contributed by atoms with E-state index in [1.165, 1.54) is 30.7 Å². The second kappa shape index (κ2) is 5.11. The van der Waals surface area contributed by atoms with Gasteiger partial charge in [-0.05, 0) is 19.1 Å². The van der Waals surface area contributed by atoms with Crippen LogP contribution in [-0.4, -0.2) is 18.4 Å². The molecule has 1 aromatic carbocycles. The van der Waals surface area contributed by atoms with Crippen LogP contribution in [0.2, 0.25) is 0 Å². The summed E-state index contributed by atoms with van der Waals surface area (Å²) in [6.07, 6.45) is 4.37. The molecule has 0 radical (unpaired) electrons. The second-order valence-corrected chi connectivity index (χ2v) is 5.32. The standard InChI is InChI=1S/C11H12N4O2S/c1-9-2-4-10(5-3-9)18(16,17)15-14-11-8-12-6-7-13-11/h2-8,15H,1H3,(H,13,14). The Hall–Kier alpha value is -1.99. The molecule has 0 saturated carbocycles. The first-order valence-corrected chi connectivity index (χ1v) is 6.67. The fourth-order valence-electron chi connectivity index (χ4n) is 1.26. The molecule has 0 atom stereocenters. The topological polar surface area (TPSA) is 84.0 Å². The van der Waals surface area contributed by atoms with Crippen LogP contribution >= 0.6 is 0 Å². The van der Waals surface area contributed by atoms with Gasteiger partial charge in [-0.3, -0.25) is 10.4 Å². The van der Waals surface area contributed by atoms with Crippen molar-refractivity contribution in [2.45, 2.75) is 11.8 Å². The molecule has 0 amide bonds. The minimum Gasteiger partial charge on any atom is -0.291 e. The summed E-state index contributed by atoms with van der Waals surface area (Å²) in [5.74, 6) is 0.327. The maximum Gasteiger partial charge on any atom is 0.257 e. The van der Waals surface area contributed by atoms with Gasteiger partial charge in [0.2, 0.25) is 0 Å². The molecule has 2 rings (SSSR count). The van der Waals surface area contributed by atoms with Gasteiger partial charge in [-0.1, -0.05) is 17.7 Å². The number of hydrogen-bond donors (Lipinski definition) is 2. The van der Waals surface area contributed by atoms with E-state index in [0.29, 0.717) is 5.82 Å². The predicted molar refractivity (Wildman–Crippen MR) is 67.2 cm³/mol. The molecule has 7 heteroatoms. The number of nitrogens with one attached hydrogen (secondary N) is 2. The summed E-state index contributed by atoms with van der Waals surface area (Å²) in [5.41, 5.74) is 3.48. The van der Waals surface area contributed by atoms with Crippen molar-refractivity contribution in [3.8, 4) is 0 Å². The van der Waals surface area contributed by atoms with E-state index in [0.717, 1.165) is 5.56 Å². The molecule has 0 aliphatic carbocycles. The first-order valence-electron chi connectivity index (χ1n) is 5.18. The number of aryl methyl sites for hydroxylation is 1. The Bertz CT molecular complexity index is 611. The van der Waals surface area contributed by atoms with Crippen molar-refractivity contribution in [3.63, 3.8) is 0 Å². The van der Waals surface area contributed by atoms with E-state index in [9.17, 15) is 8.42 Å². The lowest BCUT2D eigenvalue weighted by Crippen LogP contribution is -2.29. The van der Waals surface area contributed by atoms with Gasteiger partial charge in [-0.25, -0.2) is 13.4 Å². The highest BCUT2D eigenvalue weighted by Crippen LogP contribution is 2.09. The fourth-order valence-corrected chi connectivity index (χ4v) is 2.11. The number of anilines is 1. The van der Waals surface area contributed by atoms with E-state index >= 15 is 0 Å². The lowest BCUT2D eigenvalue weighted by molar-refractivity contribution is 0.587. The Morgan fingerprint density at radius 1 is 1.11 bits per heavy atom. The molecule has 94 valence electrons. The molecule has 0 fully saturated rings. The summed E-state index contributed by atoms with van der Waals surface area (Å²) in [6, 6.07) is 6.54. The van der Waals surface area contributed by atoms with Gasteiger partial charge in [0.15, 0.2) is 5.82 Å². The minimum absolute atomic E-state index is 0.185. The molecular formula is C11H12N4O2S. The number of rotatable bonds is 4. The quantitative estimate of drug-likeness (QED) is 0.808. The highest BCUT2D eigenvalue weighted by atomic mass is 32.2. The second-order valence-electron chi connectivity index (χ2n) is 3.63. The van der Waals surface area contributed by atoms with E-state index in [-0.39, 0.29) is 4.90 Å². The maximum atomic E-state index is 11.9. The number of benzene rings is 1. The Morgan fingerprint density at radius 3 is 2.44 bits per heavy atom. The van der Waals surface area contributed by atoms with Crippen LogP contribution in [0.25, 0.3) is 0 Å². The Kier molecular flexibility index (Phi) is 3.54. The van der Waals surface area contributed by atoms with E-state index in [1.807, 2.05) is 6.92 Å². The smallest absolute Gasteiger partial charge is 0.257 e. The van der Waals surface area contributed by atoms with E-state index in [2.05, 4.69) is 20.2 Å². The summed E-state index contributed by atoms with van der Waals surface area (Å²) in [7, 11) is -3.60. The zero-order valence-corrected chi connectivity index (χ0v) is 10.5. The fraction of sp³-hybridized carbons (Fsp3) is 0.0909. The van der Waals surface area contributed by atoms with Gasteiger partial charge in [0, 0.05) is 12.4 Å². The Balaban J connectivity index is 2.11. The lowest BCUT2D eigenvalue weighted by Gasteiger charge is -2.08. The van der Waals surface area contributed by atoms with Crippen molar-refractivity contribution >= 4 is 15.8 Å². The van der Waals surface area contributed by atoms with Gasteiger partial charge >= 0.3 is 0 Å². The minimum atomic E-state index is -3.60. The number of hydrazine groups is 1. The van der Waals surface area contributed by atoms with Gasteiger partial charge in [0.25, 0.3) is 10.0 Å². The largest absolute Gasteiger partial charge is 0.291 e. The van der Waals surface area contributed by atoms with E-state index < -0.39 is 10.0 Å². The van der Waals surface area contributed by atoms with Crippen LogP contribution in [0.5, 0.6) is 0 Å². The summed E-state index contributed by atoms with van der Waals surface area (Å²) in [4.78, 5) is 10.1. The van der Waals surface area contributed by atoms with Crippen LogP contribution in [0.15, 0.2) is 47.8 Å². The third-order valence-electron chi connectivity index (χ3n) is 2.21. The van der Waals surface area contributed by atoms with Crippen molar-refractivity contribution in [3.05, 3.63) is 48.4 Å². The predicted octanol–water partition coefficient (Wildman–Crippen LogP) is 1.09. The molecule has 18 heavy (non-hydrogen) atoms. The highest BCUT2D eigenvalue weighted by molar-refractivity contribution is 7.89.